The van der Waals surface area contributed by atoms with E-state index >= 15 is 0 Å². The molecule has 2 nitrogen and oxygen atoms in total. The molecule has 1 unspecified atom stereocenters. The highest BCUT2D eigenvalue weighted by Crippen LogP contribution is 2.18. The van der Waals surface area contributed by atoms with Crippen LogP contribution in [0.1, 0.15) is 23.2 Å². The summed E-state index contributed by atoms with van der Waals surface area (Å²) < 4.78 is 13.8. The van der Waals surface area contributed by atoms with Crippen LogP contribution in [0.5, 0.6) is 0 Å². The summed E-state index contributed by atoms with van der Waals surface area (Å²) in [6.07, 6.45) is 1.64. The van der Waals surface area contributed by atoms with E-state index in [0.717, 1.165) is 42.2 Å². The molecule has 1 aromatic carbocycles. The largest absolute Gasteiger partial charge is 0.317 e. The number of benzene rings is 1. The molecule has 2 aromatic rings. The quantitative estimate of drug-likeness (QED) is 0.843. The molecule has 0 aliphatic rings. The molecule has 1 heterocycles. The Morgan fingerprint density at radius 2 is 2.10 bits per heavy atom. The van der Waals surface area contributed by atoms with Crippen LogP contribution in [0.25, 0.3) is 0 Å². The van der Waals surface area contributed by atoms with Crippen molar-refractivity contribution in [2.75, 3.05) is 13.1 Å². The van der Waals surface area contributed by atoms with Gasteiger partial charge >= 0.3 is 0 Å². The monoisotopic (exact) mass is 292 g/mol. The molecule has 1 aromatic heterocycles. The van der Waals surface area contributed by atoms with Crippen LogP contribution >= 0.6 is 11.3 Å². The molecule has 4 heteroatoms. The predicted molar refractivity (Wildman–Crippen MR) is 82.7 cm³/mol. The molecule has 0 amide bonds. The molecule has 1 atom stereocenters. The van der Waals surface area contributed by atoms with E-state index < -0.39 is 0 Å². The van der Waals surface area contributed by atoms with Gasteiger partial charge in [0.2, 0.25) is 0 Å². The van der Waals surface area contributed by atoms with Gasteiger partial charge in [-0.15, -0.1) is 11.3 Å². The van der Waals surface area contributed by atoms with E-state index in [1.165, 1.54) is 6.07 Å². The lowest BCUT2D eigenvalue weighted by Gasteiger charge is -2.16. The van der Waals surface area contributed by atoms with E-state index in [2.05, 4.69) is 22.6 Å². The molecule has 1 N–H and O–H groups in total. The van der Waals surface area contributed by atoms with Crippen molar-refractivity contribution in [3.63, 3.8) is 0 Å². The normalized spacial score (nSPS) is 12.6. The fourth-order valence-electron chi connectivity index (χ4n) is 2.34. The molecule has 108 valence electrons. The highest BCUT2D eigenvalue weighted by atomic mass is 32.1. The third-order valence-corrected chi connectivity index (χ3v) is 4.14. The second-order valence-electron chi connectivity index (χ2n) is 5.03. The van der Waals surface area contributed by atoms with Crippen molar-refractivity contribution >= 4 is 11.3 Å². The number of nitrogens with zero attached hydrogens (tertiary/aromatic N) is 1. The van der Waals surface area contributed by atoms with Gasteiger partial charge < -0.3 is 5.32 Å². The molecular weight excluding hydrogens is 271 g/mol. The molecule has 0 spiro atoms. The first-order valence-corrected chi connectivity index (χ1v) is 7.92. The fourth-order valence-corrected chi connectivity index (χ4v) is 2.96. The molecule has 0 saturated heterocycles. The van der Waals surface area contributed by atoms with Gasteiger partial charge in [-0.3, -0.25) is 0 Å². The molecule has 20 heavy (non-hydrogen) atoms. The van der Waals surface area contributed by atoms with Crippen molar-refractivity contribution in [3.8, 4) is 0 Å². The zero-order valence-corrected chi connectivity index (χ0v) is 12.8. The molecule has 0 fully saturated rings. The summed E-state index contributed by atoms with van der Waals surface area (Å²) in [7, 11) is 0. The average Bonchev–Trinajstić information content (AvgIpc) is 2.84. The summed E-state index contributed by atoms with van der Waals surface area (Å²) in [4.78, 5) is 4.52. The van der Waals surface area contributed by atoms with Gasteiger partial charge in [-0.25, -0.2) is 9.37 Å². The molecule has 0 aliphatic carbocycles. The minimum absolute atomic E-state index is 0.108. The Bertz CT molecular complexity index is 539. The van der Waals surface area contributed by atoms with Gasteiger partial charge in [0.25, 0.3) is 0 Å². The fraction of sp³-hybridized carbons (Fsp3) is 0.438. The van der Waals surface area contributed by atoms with Crippen LogP contribution in [-0.2, 0) is 12.8 Å². The first-order valence-electron chi connectivity index (χ1n) is 7.04. The van der Waals surface area contributed by atoms with E-state index in [9.17, 15) is 4.39 Å². The predicted octanol–water partition coefficient (Wildman–Crippen LogP) is 3.60. The molecule has 0 aliphatic heterocycles. The summed E-state index contributed by atoms with van der Waals surface area (Å²) in [5.74, 6) is 0.261. The van der Waals surface area contributed by atoms with E-state index in [4.69, 9.17) is 0 Å². The molecule has 2 rings (SSSR count). The summed E-state index contributed by atoms with van der Waals surface area (Å²) in [6.45, 7) is 5.93. The highest BCUT2D eigenvalue weighted by Gasteiger charge is 2.14. The Morgan fingerprint density at radius 1 is 1.30 bits per heavy atom. The number of rotatable bonds is 7. The number of aromatic nitrogens is 1. The van der Waals surface area contributed by atoms with Crippen LogP contribution in [0, 0.1) is 18.7 Å². The standard InChI is InChI=1S/C16H21FN2S/c1-3-18-10-13(9-15-11-20-12(2)19-15)8-14-6-4-5-7-16(14)17/h4-7,11,13,18H,3,8-10H2,1-2H3. The second kappa shape index (κ2) is 7.50. The lowest BCUT2D eigenvalue weighted by atomic mass is 9.94. The van der Waals surface area contributed by atoms with Crippen molar-refractivity contribution < 1.29 is 4.39 Å². The molecule has 0 radical (unpaired) electrons. The lowest BCUT2D eigenvalue weighted by Crippen LogP contribution is -2.26. The SMILES string of the molecule is CCNCC(Cc1csc(C)n1)Cc1ccccc1F. The Hall–Kier alpha value is -1.26. The number of nitrogens with one attached hydrogen (secondary N) is 1. The van der Waals surface area contributed by atoms with Crippen LogP contribution in [0.4, 0.5) is 4.39 Å². The zero-order chi connectivity index (χ0) is 14.4. The van der Waals surface area contributed by atoms with E-state index in [-0.39, 0.29) is 5.82 Å². The van der Waals surface area contributed by atoms with E-state index in [0.29, 0.717) is 5.92 Å². The minimum atomic E-state index is -0.108. The van der Waals surface area contributed by atoms with Gasteiger partial charge in [0, 0.05) is 5.38 Å². The van der Waals surface area contributed by atoms with Gasteiger partial charge in [0.1, 0.15) is 5.82 Å². The topological polar surface area (TPSA) is 24.9 Å². The number of hydrogen-bond donors (Lipinski definition) is 1. The maximum atomic E-state index is 13.8. The van der Waals surface area contributed by atoms with Crippen molar-refractivity contribution in [1.82, 2.24) is 10.3 Å². The maximum Gasteiger partial charge on any atom is 0.126 e. The Balaban J connectivity index is 2.05. The van der Waals surface area contributed by atoms with Crippen LogP contribution in [-0.4, -0.2) is 18.1 Å². The third kappa shape index (κ3) is 4.39. The molecular formula is C16H21FN2S. The number of halogens is 1. The van der Waals surface area contributed by atoms with Gasteiger partial charge in [0.15, 0.2) is 0 Å². The van der Waals surface area contributed by atoms with Gasteiger partial charge in [-0.1, -0.05) is 25.1 Å². The summed E-state index contributed by atoms with van der Waals surface area (Å²) in [5, 5.41) is 6.57. The smallest absolute Gasteiger partial charge is 0.126 e. The zero-order valence-electron chi connectivity index (χ0n) is 12.0. The van der Waals surface area contributed by atoms with Gasteiger partial charge in [-0.2, -0.15) is 0 Å². The van der Waals surface area contributed by atoms with E-state index in [1.807, 2.05) is 19.1 Å². The van der Waals surface area contributed by atoms with Crippen molar-refractivity contribution in [3.05, 3.63) is 51.7 Å². The number of thiazole rings is 1. The van der Waals surface area contributed by atoms with Crippen LogP contribution in [0.2, 0.25) is 0 Å². The third-order valence-electron chi connectivity index (χ3n) is 3.31. The van der Waals surface area contributed by atoms with Crippen molar-refractivity contribution in [2.24, 2.45) is 5.92 Å². The van der Waals surface area contributed by atoms with Crippen LogP contribution in [0.3, 0.4) is 0 Å². The Morgan fingerprint density at radius 3 is 2.75 bits per heavy atom. The lowest BCUT2D eigenvalue weighted by molar-refractivity contribution is 0.464. The number of aryl methyl sites for hydroxylation is 1. The summed E-state index contributed by atoms with van der Waals surface area (Å²) in [6, 6.07) is 7.05. The van der Waals surface area contributed by atoms with E-state index in [1.54, 1.807) is 17.4 Å². The number of hydrogen-bond acceptors (Lipinski definition) is 3. The average molecular weight is 292 g/mol. The summed E-state index contributed by atoms with van der Waals surface area (Å²) in [5.41, 5.74) is 1.91. The first-order chi connectivity index (χ1) is 9.69. The van der Waals surface area contributed by atoms with Crippen LogP contribution < -0.4 is 5.32 Å². The minimum Gasteiger partial charge on any atom is -0.317 e. The Kier molecular flexibility index (Phi) is 5.68. The van der Waals surface area contributed by atoms with Crippen LogP contribution in [0.15, 0.2) is 29.6 Å². The molecule has 0 saturated carbocycles. The van der Waals surface area contributed by atoms with Crippen molar-refractivity contribution in [2.45, 2.75) is 26.7 Å². The highest BCUT2D eigenvalue weighted by molar-refractivity contribution is 7.09. The summed E-state index contributed by atoms with van der Waals surface area (Å²) >= 11 is 1.67. The van der Waals surface area contributed by atoms with Crippen molar-refractivity contribution in [1.29, 1.82) is 0 Å². The Labute approximate surface area is 124 Å². The maximum absolute atomic E-state index is 13.8. The molecule has 0 bridgehead atoms. The van der Waals surface area contributed by atoms with Gasteiger partial charge in [0.05, 0.1) is 10.7 Å². The second-order valence-corrected chi connectivity index (χ2v) is 6.09. The first kappa shape index (κ1) is 15.1. The van der Waals surface area contributed by atoms with Gasteiger partial charge in [-0.05, 0) is 50.4 Å².